The van der Waals surface area contributed by atoms with Crippen LogP contribution < -0.4 is 10.1 Å². The topological polar surface area (TPSA) is 92.8 Å². The van der Waals surface area contributed by atoms with Crippen molar-refractivity contribution in [1.29, 1.82) is 5.26 Å². The molecule has 3 aromatic carbocycles. The van der Waals surface area contributed by atoms with Gasteiger partial charge in [0, 0.05) is 10.5 Å². The smallest absolute Gasteiger partial charge is 0.255 e. The molecular weight excluding hydrogens is 422 g/mol. The Bertz CT molecular complexity index is 1350. The van der Waals surface area contributed by atoms with Crippen LogP contribution in [0, 0.1) is 11.3 Å². The zero-order valence-electron chi connectivity index (χ0n) is 17.4. The van der Waals surface area contributed by atoms with E-state index < -0.39 is 0 Å². The van der Waals surface area contributed by atoms with Crippen molar-refractivity contribution >= 4 is 46.2 Å². The van der Waals surface area contributed by atoms with Crippen molar-refractivity contribution in [2.24, 2.45) is 0 Å². The Morgan fingerprint density at radius 1 is 1.16 bits per heavy atom. The summed E-state index contributed by atoms with van der Waals surface area (Å²) in [6.45, 7) is 0. The first-order chi connectivity index (χ1) is 15.6. The van der Waals surface area contributed by atoms with Gasteiger partial charge in [-0.05, 0) is 60.4 Å². The number of benzene rings is 3. The van der Waals surface area contributed by atoms with Gasteiger partial charge >= 0.3 is 0 Å². The van der Waals surface area contributed by atoms with E-state index in [1.165, 1.54) is 4.68 Å². The molecule has 1 N–H and O–H groups in total. The normalized spacial score (nSPS) is 11.2. The van der Waals surface area contributed by atoms with Gasteiger partial charge in [-0.1, -0.05) is 29.5 Å². The largest absolute Gasteiger partial charge is 0.497 e. The van der Waals surface area contributed by atoms with Crippen molar-refractivity contribution in [2.75, 3.05) is 18.7 Å². The maximum Gasteiger partial charge on any atom is 0.255 e. The first-order valence-corrected chi connectivity index (χ1v) is 10.9. The maximum atomic E-state index is 12.8. The van der Waals surface area contributed by atoms with Crippen LogP contribution in [0.15, 0.2) is 71.6 Å². The molecule has 0 saturated carbocycles. The minimum absolute atomic E-state index is 0.239. The van der Waals surface area contributed by atoms with Crippen LogP contribution in [0.1, 0.15) is 15.9 Å². The molecule has 7 nitrogen and oxygen atoms in total. The van der Waals surface area contributed by atoms with Gasteiger partial charge in [0.15, 0.2) is 0 Å². The fourth-order valence-corrected chi connectivity index (χ4v) is 3.74. The Kier molecular flexibility index (Phi) is 6.19. The molecule has 4 aromatic rings. The van der Waals surface area contributed by atoms with Crippen molar-refractivity contribution in [1.82, 2.24) is 15.0 Å². The summed E-state index contributed by atoms with van der Waals surface area (Å²) in [5, 5.41) is 20.9. The van der Waals surface area contributed by atoms with E-state index in [4.69, 9.17) is 4.74 Å². The summed E-state index contributed by atoms with van der Waals surface area (Å²) in [5.74, 6) is 0.495. The first-order valence-electron chi connectivity index (χ1n) is 9.69. The number of para-hydroxylation sites is 1. The van der Waals surface area contributed by atoms with Crippen molar-refractivity contribution in [2.45, 2.75) is 4.90 Å². The molecular formula is C24H19N5O2S. The van der Waals surface area contributed by atoms with Crippen LogP contribution in [-0.4, -0.2) is 34.3 Å². The third kappa shape index (κ3) is 4.33. The van der Waals surface area contributed by atoms with Crippen LogP contribution in [0.4, 0.5) is 5.69 Å². The molecule has 0 radical (unpaired) electrons. The average molecular weight is 442 g/mol. The standard InChI is InChI=1S/C24H19N5O2S/c1-31-19-10-7-16(8-11-19)13-18(15-25)29-22-12-9-17(14-21(22)27-28-29)24(30)26-20-5-3-4-6-23(20)32-2/h3-14H,1-2H3,(H,26,30)/b18-13+. The van der Waals surface area contributed by atoms with Crippen molar-refractivity contribution in [3.05, 3.63) is 77.9 Å². The summed E-state index contributed by atoms with van der Waals surface area (Å²) in [7, 11) is 1.60. The highest BCUT2D eigenvalue weighted by molar-refractivity contribution is 7.98. The number of nitrogens with zero attached hydrogens (tertiary/aromatic N) is 4. The SMILES string of the molecule is COc1ccc(/C=C(\C#N)n2nnc3cc(C(=O)Nc4ccccc4SC)ccc32)cc1. The monoisotopic (exact) mass is 441 g/mol. The second-order valence-corrected chi connectivity index (χ2v) is 7.62. The minimum atomic E-state index is -0.239. The number of anilines is 1. The zero-order chi connectivity index (χ0) is 22.5. The highest BCUT2D eigenvalue weighted by Crippen LogP contribution is 2.26. The molecule has 0 bridgehead atoms. The van der Waals surface area contributed by atoms with Crippen LogP contribution in [0.25, 0.3) is 22.8 Å². The van der Waals surface area contributed by atoms with Crippen LogP contribution in [0.3, 0.4) is 0 Å². The molecule has 1 heterocycles. The number of nitriles is 1. The zero-order valence-corrected chi connectivity index (χ0v) is 18.3. The van der Waals surface area contributed by atoms with Crippen LogP contribution in [-0.2, 0) is 0 Å². The highest BCUT2D eigenvalue weighted by atomic mass is 32.2. The summed E-state index contributed by atoms with van der Waals surface area (Å²) in [6.07, 6.45) is 3.68. The molecule has 0 aliphatic rings. The van der Waals surface area contributed by atoms with E-state index in [0.717, 1.165) is 21.9 Å². The second kappa shape index (κ2) is 9.37. The number of hydrogen-bond acceptors (Lipinski definition) is 6. The molecule has 0 atom stereocenters. The molecule has 0 unspecified atom stereocenters. The number of rotatable bonds is 6. The Hall–Kier alpha value is -4.09. The number of ether oxygens (including phenoxy) is 1. The summed E-state index contributed by atoms with van der Waals surface area (Å²) in [5.41, 5.74) is 3.50. The van der Waals surface area contributed by atoms with Crippen molar-refractivity contribution in [3.63, 3.8) is 0 Å². The van der Waals surface area contributed by atoms with Gasteiger partial charge in [0.2, 0.25) is 0 Å². The van der Waals surface area contributed by atoms with Gasteiger partial charge < -0.3 is 10.1 Å². The summed E-state index contributed by atoms with van der Waals surface area (Å²) < 4.78 is 6.63. The van der Waals surface area contributed by atoms with Crippen LogP contribution in [0.5, 0.6) is 5.75 Å². The molecule has 4 rings (SSSR count). The summed E-state index contributed by atoms with van der Waals surface area (Å²) in [4.78, 5) is 13.7. The quantitative estimate of drug-likeness (QED) is 0.337. The predicted molar refractivity (Wildman–Crippen MR) is 126 cm³/mol. The number of carbonyl (C=O) groups excluding carboxylic acids is 1. The van der Waals surface area contributed by atoms with E-state index in [-0.39, 0.29) is 5.91 Å². The lowest BCUT2D eigenvalue weighted by Crippen LogP contribution is -2.12. The molecule has 158 valence electrons. The molecule has 8 heteroatoms. The van der Waals surface area contributed by atoms with Gasteiger partial charge in [-0.3, -0.25) is 4.79 Å². The maximum absolute atomic E-state index is 12.8. The molecule has 0 aliphatic heterocycles. The lowest BCUT2D eigenvalue weighted by molar-refractivity contribution is 0.102. The highest BCUT2D eigenvalue weighted by Gasteiger charge is 2.14. The Balaban J connectivity index is 1.62. The van der Waals surface area contributed by atoms with Crippen molar-refractivity contribution < 1.29 is 9.53 Å². The second-order valence-electron chi connectivity index (χ2n) is 6.77. The van der Waals surface area contributed by atoms with Gasteiger partial charge in [-0.15, -0.1) is 16.9 Å². The molecule has 0 spiro atoms. The van der Waals surface area contributed by atoms with E-state index in [1.807, 2.05) is 54.8 Å². The van der Waals surface area contributed by atoms with E-state index in [2.05, 4.69) is 21.7 Å². The van der Waals surface area contributed by atoms with E-state index in [9.17, 15) is 10.1 Å². The Morgan fingerprint density at radius 3 is 2.66 bits per heavy atom. The minimum Gasteiger partial charge on any atom is -0.497 e. The van der Waals surface area contributed by atoms with E-state index in [0.29, 0.717) is 22.3 Å². The third-order valence-corrected chi connectivity index (χ3v) is 5.62. The van der Waals surface area contributed by atoms with E-state index in [1.54, 1.807) is 43.1 Å². The number of methoxy groups -OCH3 is 1. The van der Waals surface area contributed by atoms with E-state index >= 15 is 0 Å². The predicted octanol–water partition coefficient (Wildman–Crippen LogP) is 4.94. The lowest BCUT2D eigenvalue weighted by atomic mass is 10.1. The van der Waals surface area contributed by atoms with Gasteiger partial charge in [-0.25, -0.2) is 4.68 Å². The summed E-state index contributed by atoms with van der Waals surface area (Å²) >= 11 is 1.56. The molecule has 0 aliphatic carbocycles. The number of nitrogens with one attached hydrogen (secondary N) is 1. The fourth-order valence-electron chi connectivity index (χ4n) is 3.18. The lowest BCUT2D eigenvalue weighted by Gasteiger charge is -2.09. The van der Waals surface area contributed by atoms with Gasteiger partial charge in [0.1, 0.15) is 23.0 Å². The number of fused-ring (bicyclic) bond motifs is 1. The number of hydrogen-bond donors (Lipinski definition) is 1. The Morgan fingerprint density at radius 2 is 1.94 bits per heavy atom. The number of allylic oxidation sites excluding steroid dienone is 1. The van der Waals surface area contributed by atoms with Gasteiger partial charge in [0.05, 0.1) is 18.3 Å². The van der Waals surface area contributed by atoms with Gasteiger partial charge in [-0.2, -0.15) is 5.26 Å². The van der Waals surface area contributed by atoms with Crippen LogP contribution >= 0.6 is 11.8 Å². The van der Waals surface area contributed by atoms with Crippen molar-refractivity contribution in [3.8, 4) is 11.8 Å². The third-order valence-electron chi connectivity index (χ3n) is 4.82. The number of thioether (sulfide) groups is 1. The molecule has 32 heavy (non-hydrogen) atoms. The Labute approximate surface area is 189 Å². The van der Waals surface area contributed by atoms with Gasteiger partial charge in [0.25, 0.3) is 5.91 Å². The fraction of sp³-hybridized carbons (Fsp3) is 0.0833. The molecule has 1 aromatic heterocycles. The average Bonchev–Trinajstić information content (AvgIpc) is 3.26. The summed E-state index contributed by atoms with van der Waals surface area (Å²) in [6, 6.07) is 22.2. The number of amides is 1. The molecule has 0 saturated heterocycles. The first kappa shape index (κ1) is 21.2. The molecule has 0 fully saturated rings. The van der Waals surface area contributed by atoms with Crippen LogP contribution in [0.2, 0.25) is 0 Å². The molecule has 1 amide bonds. The number of carbonyl (C=O) groups is 1. The number of aromatic nitrogens is 3.